The molecule has 1 aliphatic rings. The first-order valence-corrected chi connectivity index (χ1v) is 8.35. The molecule has 1 atom stereocenters. The van der Waals surface area contributed by atoms with Crippen molar-refractivity contribution in [3.05, 3.63) is 29.6 Å². The molecular weight excluding hydrogens is 315 g/mol. The highest BCUT2D eigenvalue weighted by Gasteiger charge is 2.30. The number of rotatable bonds is 7. The van der Waals surface area contributed by atoms with Crippen LogP contribution in [0.15, 0.2) is 18.2 Å². The number of benzene rings is 1. The summed E-state index contributed by atoms with van der Waals surface area (Å²) in [6.45, 7) is 1.92. The van der Waals surface area contributed by atoms with E-state index in [1.807, 2.05) is 0 Å². The van der Waals surface area contributed by atoms with E-state index in [1.54, 1.807) is 6.92 Å². The highest BCUT2D eigenvalue weighted by molar-refractivity contribution is 5.72. The van der Waals surface area contributed by atoms with Gasteiger partial charge in [0, 0.05) is 5.56 Å². The summed E-state index contributed by atoms with van der Waals surface area (Å²) < 4.78 is 29.8. The van der Waals surface area contributed by atoms with Crippen molar-refractivity contribution in [2.24, 2.45) is 5.92 Å². The summed E-state index contributed by atoms with van der Waals surface area (Å²) in [6.07, 6.45) is 2.07. The number of methoxy groups -OCH3 is 1. The molecule has 0 aliphatic heterocycles. The first-order valence-electron chi connectivity index (χ1n) is 8.35. The summed E-state index contributed by atoms with van der Waals surface area (Å²) in [5, 5.41) is 9.65. The van der Waals surface area contributed by atoms with Gasteiger partial charge in [0.25, 0.3) is 0 Å². The summed E-state index contributed by atoms with van der Waals surface area (Å²) in [7, 11) is 1.50. The minimum absolute atomic E-state index is 0.0823. The topological polar surface area (TPSA) is 65.0 Å². The van der Waals surface area contributed by atoms with Crippen LogP contribution in [0.1, 0.15) is 44.3 Å². The first kappa shape index (κ1) is 18.7. The number of hydrogen-bond acceptors (Lipinski definition) is 5. The quantitative estimate of drug-likeness (QED) is 0.773. The molecule has 0 bridgehead atoms. The van der Waals surface area contributed by atoms with E-state index in [0.717, 1.165) is 0 Å². The molecule has 1 aliphatic carbocycles. The molecule has 0 saturated heterocycles. The van der Waals surface area contributed by atoms with E-state index in [4.69, 9.17) is 14.2 Å². The van der Waals surface area contributed by atoms with Gasteiger partial charge in [-0.15, -0.1) is 0 Å². The minimum atomic E-state index is -0.653. The molecule has 1 N–H and O–H groups in total. The standard InChI is InChI=1S/C18H25FO5/c1-3-23-18(21)12-4-7-14(8-5-12)24-17(11-20)15-10-13(19)6-9-16(15)22-2/h6,9-10,12,14,17,20H,3-5,7-8,11H2,1-2H3/t12-,14-,17?. The fourth-order valence-corrected chi connectivity index (χ4v) is 3.10. The maximum absolute atomic E-state index is 13.5. The van der Waals surface area contributed by atoms with Gasteiger partial charge in [0.1, 0.15) is 17.7 Å². The number of ether oxygens (including phenoxy) is 3. The number of halogens is 1. The molecular formula is C18H25FO5. The van der Waals surface area contributed by atoms with Crippen LogP contribution in [0.3, 0.4) is 0 Å². The molecule has 0 aromatic heterocycles. The summed E-state index contributed by atoms with van der Waals surface area (Å²) in [4.78, 5) is 11.8. The summed E-state index contributed by atoms with van der Waals surface area (Å²) in [5.41, 5.74) is 0.493. The van der Waals surface area contributed by atoms with Crippen molar-refractivity contribution < 1.29 is 28.5 Å². The molecule has 2 rings (SSSR count). The third kappa shape index (κ3) is 4.68. The highest BCUT2D eigenvalue weighted by Crippen LogP contribution is 2.34. The second-order valence-electron chi connectivity index (χ2n) is 5.92. The number of hydrogen-bond donors (Lipinski definition) is 1. The molecule has 1 saturated carbocycles. The molecule has 1 unspecified atom stereocenters. The highest BCUT2D eigenvalue weighted by atomic mass is 19.1. The number of esters is 1. The molecule has 0 spiro atoms. The van der Waals surface area contributed by atoms with Gasteiger partial charge in [-0.2, -0.15) is 0 Å². The molecule has 0 amide bonds. The van der Waals surface area contributed by atoms with Crippen molar-refractivity contribution in [3.8, 4) is 5.75 Å². The van der Waals surface area contributed by atoms with Gasteiger partial charge in [0.2, 0.25) is 0 Å². The maximum atomic E-state index is 13.5. The number of aliphatic hydroxyl groups is 1. The van der Waals surface area contributed by atoms with Crippen LogP contribution in [0.4, 0.5) is 4.39 Å². The number of aliphatic hydroxyl groups excluding tert-OH is 1. The Labute approximate surface area is 141 Å². The van der Waals surface area contributed by atoms with E-state index in [2.05, 4.69) is 0 Å². The van der Waals surface area contributed by atoms with Crippen molar-refractivity contribution in [2.75, 3.05) is 20.3 Å². The van der Waals surface area contributed by atoms with Gasteiger partial charge in [-0.05, 0) is 50.8 Å². The maximum Gasteiger partial charge on any atom is 0.308 e. The molecule has 24 heavy (non-hydrogen) atoms. The van der Waals surface area contributed by atoms with Gasteiger partial charge in [-0.1, -0.05) is 0 Å². The van der Waals surface area contributed by atoms with Gasteiger partial charge in [-0.3, -0.25) is 4.79 Å². The van der Waals surface area contributed by atoms with Crippen molar-refractivity contribution in [2.45, 2.75) is 44.8 Å². The van der Waals surface area contributed by atoms with Crippen LogP contribution in [0, 0.1) is 11.7 Å². The van der Waals surface area contributed by atoms with Gasteiger partial charge in [-0.25, -0.2) is 4.39 Å². The molecule has 1 aromatic rings. The zero-order valence-electron chi connectivity index (χ0n) is 14.2. The zero-order valence-corrected chi connectivity index (χ0v) is 14.2. The van der Waals surface area contributed by atoms with Crippen LogP contribution in [0.2, 0.25) is 0 Å². The first-order chi connectivity index (χ1) is 11.6. The van der Waals surface area contributed by atoms with E-state index < -0.39 is 11.9 Å². The van der Waals surface area contributed by atoms with E-state index in [1.165, 1.54) is 25.3 Å². The van der Waals surface area contributed by atoms with Gasteiger partial charge >= 0.3 is 5.97 Å². The van der Waals surface area contributed by atoms with Gasteiger partial charge in [0.05, 0.1) is 32.3 Å². The Kier molecular flexibility index (Phi) is 6.99. The summed E-state index contributed by atoms with van der Waals surface area (Å²) in [5.74, 6) is -0.155. The lowest BCUT2D eigenvalue weighted by atomic mass is 9.87. The van der Waals surface area contributed by atoms with Crippen molar-refractivity contribution in [1.29, 1.82) is 0 Å². The van der Waals surface area contributed by atoms with E-state index >= 15 is 0 Å². The van der Waals surface area contributed by atoms with Crippen molar-refractivity contribution in [1.82, 2.24) is 0 Å². The van der Waals surface area contributed by atoms with Crippen LogP contribution in [-0.2, 0) is 14.3 Å². The Bertz CT molecular complexity index is 540. The molecule has 0 radical (unpaired) electrons. The van der Waals surface area contributed by atoms with E-state index in [9.17, 15) is 14.3 Å². The lowest BCUT2D eigenvalue weighted by molar-refractivity contribution is -0.150. The molecule has 1 aromatic carbocycles. The zero-order chi connectivity index (χ0) is 17.5. The van der Waals surface area contributed by atoms with Crippen LogP contribution >= 0.6 is 0 Å². The Morgan fingerprint density at radius 3 is 2.62 bits per heavy atom. The predicted octanol–water partition coefficient (Wildman–Crippen LogP) is 3.01. The summed E-state index contributed by atoms with van der Waals surface area (Å²) in [6, 6.07) is 4.15. The third-order valence-electron chi connectivity index (χ3n) is 4.36. The summed E-state index contributed by atoms with van der Waals surface area (Å²) >= 11 is 0. The van der Waals surface area contributed by atoms with Gasteiger partial charge < -0.3 is 19.3 Å². The Morgan fingerprint density at radius 1 is 1.33 bits per heavy atom. The van der Waals surface area contributed by atoms with Crippen LogP contribution in [-0.4, -0.2) is 37.5 Å². The van der Waals surface area contributed by atoms with E-state index in [0.29, 0.717) is 43.6 Å². The fourth-order valence-electron chi connectivity index (χ4n) is 3.10. The fraction of sp³-hybridized carbons (Fsp3) is 0.611. The number of carbonyl (C=O) groups is 1. The number of carbonyl (C=O) groups excluding carboxylic acids is 1. The predicted molar refractivity (Wildman–Crippen MR) is 86.2 cm³/mol. The molecule has 1 fully saturated rings. The minimum Gasteiger partial charge on any atom is -0.496 e. The van der Waals surface area contributed by atoms with E-state index in [-0.39, 0.29) is 24.6 Å². The third-order valence-corrected chi connectivity index (χ3v) is 4.36. The second kappa shape index (κ2) is 8.99. The lowest BCUT2D eigenvalue weighted by Crippen LogP contribution is -2.29. The molecule has 6 heteroatoms. The average molecular weight is 340 g/mol. The normalized spacial score (nSPS) is 22.0. The Hall–Kier alpha value is -1.66. The molecule has 134 valence electrons. The van der Waals surface area contributed by atoms with Crippen LogP contribution in [0.25, 0.3) is 0 Å². The molecule has 5 nitrogen and oxygen atoms in total. The average Bonchev–Trinajstić information content (AvgIpc) is 2.60. The van der Waals surface area contributed by atoms with Crippen LogP contribution < -0.4 is 4.74 Å². The Morgan fingerprint density at radius 2 is 2.04 bits per heavy atom. The Balaban J connectivity index is 1.97. The smallest absolute Gasteiger partial charge is 0.308 e. The lowest BCUT2D eigenvalue weighted by Gasteiger charge is -2.30. The van der Waals surface area contributed by atoms with Crippen LogP contribution in [0.5, 0.6) is 5.75 Å². The second-order valence-corrected chi connectivity index (χ2v) is 5.92. The monoisotopic (exact) mass is 340 g/mol. The largest absolute Gasteiger partial charge is 0.496 e. The van der Waals surface area contributed by atoms with Crippen molar-refractivity contribution >= 4 is 5.97 Å². The molecule has 0 heterocycles. The van der Waals surface area contributed by atoms with Gasteiger partial charge in [0.15, 0.2) is 0 Å². The SMILES string of the molecule is CCOC(=O)[C@H]1CC[C@H](OC(CO)c2cc(F)ccc2OC)CC1. The van der Waals surface area contributed by atoms with Crippen molar-refractivity contribution in [3.63, 3.8) is 0 Å².